The zero-order valence-electron chi connectivity index (χ0n) is 10.9. The molecule has 1 aromatic heterocycles. The summed E-state index contributed by atoms with van der Waals surface area (Å²) in [5, 5.41) is 11.0. The van der Waals surface area contributed by atoms with Gasteiger partial charge in [0.2, 0.25) is 0 Å². The smallest absolute Gasteiger partial charge is 0.289 e. The lowest BCUT2D eigenvalue weighted by Crippen LogP contribution is -2.31. The number of likely N-dealkylation sites (N-methyl/N-ethyl adjacent to an activating group) is 1. The van der Waals surface area contributed by atoms with Crippen LogP contribution in [0.2, 0.25) is 5.02 Å². The van der Waals surface area contributed by atoms with E-state index in [1.165, 1.54) is 12.3 Å². The molecule has 0 unspecified atom stereocenters. The molecule has 1 aliphatic rings. The van der Waals surface area contributed by atoms with Gasteiger partial charge >= 0.3 is 0 Å². The zero-order valence-corrected chi connectivity index (χ0v) is 11.6. The second-order valence-electron chi connectivity index (χ2n) is 4.53. The largest absolute Gasteiger partial charge is 0.354 e. The molecule has 2 heterocycles. The van der Waals surface area contributed by atoms with Crippen LogP contribution in [0.4, 0.5) is 11.5 Å². The van der Waals surface area contributed by atoms with Gasteiger partial charge < -0.3 is 9.80 Å². The van der Waals surface area contributed by atoms with E-state index in [9.17, 15) is 10.1 Å². The Kier molecular flexibility index (Phi) is 4.55. The van der Waals surface area contributed by atoms with Gasteiger partial charge in [-0.3, -0.25) is 10.1 Å². The van der Waals surface area contributed by atoms with Crippen LogP contribution in [0.25, 0.3) is 0 Å². The predicted octanol–water partition coefficient (Wildman–Crippen LogP) is 2.18. The molecule has 0 aromatic carbocycles. The summed E-state index contributed by atoms with van der Waals surface area (Å²) in [7, 11) is 0. The van der Waals surface area contributed by atoms with Gasteiger partial charge in [0.05, 0.1) is 9.95 Å². The lowest BCUT2D eigenvalue weighted by Gasteiger charge is -2.22. The number of halogens is 1. The van der Waals surface area contributed by atoms with Crippen molar-refractivity contribution in [2.24, 2.45) is 0 Å². The molecule has 0 aliphatic carbocycles. The van der Waals surface area contributed by atoms with E-state index in [0.29, 0.717) is 10.8 Å². The van der Waals surface area contributed by atoms with E-state index in [4.69, 9.17) is 11.6 Å². The monoisotopic (exact) mass is 284 g/mol. The number of aromatic nitrogens is 1. The van der Waals surface area contributed by atoms with E-state index >= 15 is 0 Å². The summed E-state index contributed by atoms with van der Waals surface area (Å²) in [6.45, 7) is 6.94. The SMILES string of the molecule is CCN1CCCN(c2ncc([N+](=O)[O-])cc2Cl)CC1. The molecule has 19 heavy (non-hydrogen) atoms. The molecule has 104 valence electrons. The maximum Gasteiger partial charge on any atom is 0.289 e. The molecule has 0 saturated carbocycles. The summed E-state index contributed by atoms with van der Waals surface area (Å²) in [5.41, 5.74) is -0.0706. The number of rotatable bonds is 3. The van der Waals surface area contributed by atoms with Crippen LogP contribution in [0.1, 0.15) is 13.3 Å². The van der Waals surface area contributed by atoms with Crippen molar-refractivity contribution in [1.82, 2.24) is 9.88 Å². The molecule has 1 saturated heterocycles. The fourth-order valence-corrected chi connectivity index (χ4v) is 2.53. The Bertz CT molecular complexity index is 469. The Morgan fingerprint density at radius 2 is 2.21 bits per heavy atom. The number of pyridine rings is 1. The van der Waals surface area contributed by atoms with Gasteiger partial charge in [-0.2, -0.15) is 0 Å². The molecule has 1 aromatic rings. The second-order valence-corrected chi connectivity index (χ2v) is 4.94. The molecule has 0 radical (unpaired) electrons. The number of anilines is 1. The highest BCUT2D eigenvalue weighted by molar-refractivity contribution is 6.33. The van der Waals surface area contributed by atoms with Gasteiger partial charge in [-0.15, -0.1) is 0 Å². The van der Waals surface area contributed by atoms with E-state index in [-0.39, 0.29) is 5.69 Å². The quantitative estimate of drug-likeness (QED) is 0.629. The summed E-state index contributed by atoms with van der Waals surface area (Å²) >= 11 is 6.11. The Labute approximate surface area is 117 Å². The molecule has 1 fully saturated rings. The van der Waals surface area contributed by atoms with Gasteiger partial charge in [0.1, 0.15) is 12.0 Å². The molecular formula is C12H17ClN4O2. The van der Waals surface area contributed by atoms with Crippen LogP contribution >= 0.6 is 11.6 Å². The van der Waals surface area contributed by atoms with Crippen molar-refractivity contribution in [3.05, 3.63) is 27.4 Å². The van der Waals surface area contributed by atoms with E-state index < -0.39 is 4.92 Å². The molecule has 0 N–H and O–H groups in total. The Morgan fingerprint density at radius 3 is 2.84 bits per heavy atom. The molecule has 0 bridgehead atoms. The lowest BCUT2D eigenvalue weighted by molar-refractivity contribution is -0.385. The van der Waals surface area contributed by atoms with Crippen LogP contribution in [0, 0.1) is 10.1 Å². The summed E-state index contributed by atoms with van der Waals surface area (Å²) in [5.74, 6) is 0.644. The van der Waals surface area contributed by atoms with Crippen molar-refractivity contribution in [2.75, 3.05) is 37.6 Å². The molecule has 0 atom stereocenters. The van der Waals surface area contributed by atoms with Crippen molar-refractivity contribution >= 4 is 23.1 Å². The van der Waals surface area contributed by atoms with Crippen molar-refractivity contribution < 1.29 is 4.92 Å². The van der Waals surface area contributed by atoms with Gasteiger partial charge in [0.15, 0.2) is 0 Å². The minimum Gasteiger partial charge on any atom is -0.354 e. The third kappa shape index (κ3) is 3.33. The maximum absolute atomic E-state index is 10.7. The second kappa shape index (κ2) is 6.16. The highest BCUT2D eigenvalue weighted by Gasteiger charge is 2.19. The molecular weight excluding hydrogens is 268 g/mol. The molecule has 7 heteroatoms. The number of hydrogen-bond donors (Lipinski definition) is 0. The van der Waals surface area contributed by atoms with Crippen LogP contribution in [-0.2, 0) is 0 Å². The number of hydrogen-bond acceptors (Lipinski definition) is 5. The average molecular weight is 285 g/mol. The number of nitro groups is 1. The van der Waals surface area contributed by atoms with Gasteiger partial charge in [-0.05, 0) is 19.5 Å². The highest BCUT2D eigenvalue weighted by atomic mass is 35.5. The summed E-state index contributed by atoms with van der Waals surface area (Å²) in [6.07, 6.45) is 2.31. The van der Waals surface area contributed by atoms with Gasteiger partial charge in [0, 0.05) is 25.7 Å². The molecule has 2 rings (SSSR count). The normalized spacial score (nSPS) is 17.3. The first-order valence-electron chi connectivity index (χ1n) is 6.39. The first-order chi connectivity index (χ1) is 9.11. The molecule has 6 nitrogen and oxygen atoms in total. The van der Waals surface area contributed by atoms with Crippen LogP contribution in [-0.4, -0.2) is 47.5 Å². The molecule has 0 amide bonds. The summed E-state index contributed by atoms with van der Waals surface area (Å²) < 4.78 is 0. The minimum atomic E-state index is -0.482. The van der Waals surface area contributed by atoms with Gasteiger partial charge in [-0.25, -0.2) is 4.98 Å². The van der Waals surface area contributed by atoms with Gasteiger partial charge in [0.25, 0.3) is 5.69 Å². The molecule has 0 spiro atoms. The Balaban J connectivity index is 2.15. The fourth-order valence-electron chi connectivity index (χ4n) is 2.25. The highest BCUT2D eigenvalue weighted by Crippen LogP contribution is 2.27. The Hall–Kier alpha value is -1.40. The van der Waals surface area contributed by atoms with Crippen LogP contribution < -0.4 is 4.90 Å². The minimum absolute atomic E-state index is 0.0706. The summed E-state index contributed by atoms with van der Waals surface area (Å²) in [6, 6.07) is 1.37. The van der Waals surface area contributed by atoms with E-state index in [0.717, 1.165) is 39.1 Å². The van der Waals surface area contributed by atoms with Crippen molar-refractivity contribution in [1.29, 1.82) is 0 Å². The molecule has 1 aliphatic heterocycles. The van der Waals surface area contributed by atoms with Crippen LogP contribution in [0.5, 0.6) is 0 Å². The number of nitrogens with zero attached hydrogens (tertiary/aromatic N) is 4. The van der Waals surface area contributed by atoms with Crippen molar-refractivity contribution in [2.45, 2.75) is 13.3 Å². The maximum atomic E-state index is 10.7. The fraction of sp³-hybridized carbons (Fsp3) is 0.583. The Morgan fingerprint density at radius 1 is 1.42 bits per heavy atom. The average Bonchev–Trinajstić information content (AvgIpc) is 2.63. The van der Waals surface area contributed by atoms with E-state index in [1.807, 2.05) is 0 Å². The lowest BCUT2D eigenvalue weighted by atomic mass is 10.3. The topological polar surface area (TPSA) is 62.5 Å². The summed E-state index contributed by atoms with van der Waals surface area (Å²) in [4.78, 5) is 18.8. The first-order valence-corrected chi connectivity index (χ1v) is 6.77. The third-order valence-corrected chi connectivity index (χ3v) is 3.63. The zero-order chi connectivity index (χ0) is 13.8. The first kappa shape index (κ1) is 14.0. The van der Waals surface area contributed by atoms with Crippen molar-refractivity contribution in [3.63, 3.8) is 0 Å². The van der Waals surface area contributed by atoms with Crippen LogP contribution in [0.15, 0.2) is 12.3 Å². The van der Waals surface area contributed by atoms with E-state index in [1.54, 1.807) is 0 Å². The van der Waals surface area contributed by atoms with Gasteiger partial charge in [-0.1, -0.05) is 18.5 Å². The standard InChI is InChI=1S/C12H17ClN4O2/c1-2-15-4-3-5-16(7-6-15)12-11(13)8-10(9-14-12)17(18)19/h8-9H,2-7H2,1H3. The van der Waals surface area contributed by atoms with Crippen molar-refractivity contribution in [3.8, 4) is 0 Å². The van der Waals surface area contributed by atoms with E-state index in [2.05, 4.69) is 21.7 Å². The van der Waals surface area contributed by atoms with Crippen LogP contribution in [0.3, 0.4) is 0 Å². The third-order valence-electron chi connectivity index (χ3n) is 3.35. The predicted molar refractivity (Wildman–Crippen MR) is 74.8 cm³/mol.